The molecule has 2 heterocycles. The topological polar surface area (TPSA) is 56.7 Å². The van der Waals surface area contributed by atoms with Crippen molar-refractivity contribution in [3.05, 3.63) is 47.9 Å². The molecule has 0 aliphatic carbocycles. The first-order valence-corrected chi connectivity index (χ1v) is 5.66. The van der Waals surface area contributed by atoms with Crippen LogP contribution in [0.2, 0.25) is 0 Å². The van der Waals surface area contributed by atoms with Crippen LogP contribution in [0.5, 0.6) is 0 Å². The molecule has 0 saturated heterocycles. The van der Waals surface area contributed by atoms with Crippen molar-refractivity contribution in [2.45, 2.75) is 13.8 Å². The van der Waals surface area contributed by atoms with E-state index < -0.39 is 0 Å². The van der Waals surface area contributed by atoms with Crippen LogP contribution >= 0.6 is 0 Å². The highest BCUT2D eigenvalue weighted by Gasteiger charge is 2.14. The summed E-state index contributed by atoms with van der Waals surface area (Å²) >= 11 is 0. The molecule has 18 heavy (non-hydrogen) atoms. The summed E-state index contributed by atoms with van der Waals surface area (Å²) in [7, 11) is 0. The van der Waals surface area contributed by atoms with Crippen molar-refractivity contribution >= 4 is 0 Å². The fourth-order valence-electron chi connectivity index (χ4n) is 1.78. The molecule has 3 rings (SSSR count). The lowest BCUT2D eigenvalue weighted by Gasteiger charge is -1.98. The van der Waals surface area contributed by atoms with E-state index in [1.54, 1.807) is 6.92 Å². The molecule has 2 aromatic heterocycles. The molecule has 0 aliphatic rings. The van der Waals surface area contributed by atoms with Crippen LogP contribution in [0.3, 0.4) is 0 Å². The lowest BCUT2D eigenvalue weighted by atomic mass is 10.3. The number of benzene rings is 1. The molecule has 0 spiro atoms. The Bertz CT molecular complexity index is 669. The summed E-state index contributed by atoms with van der Waals surface area (Å²) in [6.07, 6.45) is 1.95. The van der Waals surface area contributed by atoms with Gasteiger partial charge in [0.25, 0.3) is 5.89 Å². The Kier molecular flexibility index (Phi) is 2.44. The highest BCUT2D eigenvalue weighted by Crippen LogP contribution is 2.21. The van der Waals surface area contributed by atoms with Gasteiger partial charge in [-0.3, -0.25) is 0 Å². The number of hydrogen-bond donors (Lipinski definition) is 0. The van der Waals surface area contributed by atoms with Gasteiger partial charge in [-0.1, -0.05) is 23.4 Å². The van der Waals surface area contributed by atoms with Gasteiger partial charge in [-0.2, -0.15) is 10.1 Å². The van der Waals surface area contributed by atoms with E-state index in [0.29, 0.717) is 11.7 Å². The summed E-state index contributed by atoms with van der Waals surface area (Å²) in [5, 5.41) is 8.26. The molecule has 0 unspecified atom stereocenters. The first-order chi connectivity index (χ1) is 8.74. The molecule has 0 radical (unpaired) electrons. The monoisotopic (exact) mass is 240 g/mol. The second-order valence-electron chi connectivity index (χ2n) is 4.09. The third-order valence-electron chi connectivity index (χ3n) is 2.65. The lowest BCUT2D eigenvalue weighted by molar-refractivity contribution is 0.424. The van der Waals surface area contributed by atoms with Gasteiger partial charge in [-0.15, -0.1) is 0 Å². The maximum Gasteiger partial charge on any atom is 0.278 e. The van der Waals surface area contributed by atoms with E-state index in [4.69, 9.17) is 4.52 Å². The molecule has 0 atom stereocenters. The van der Waals surface area contributed by atoms with E-state index >= 15 is 0 Å². The van der Waals surface area contributed by atoms with Gasteiger partial charge in [-0.25, -0.2) is 4.68 Å². The molecular formula is C13H12N4O. The van der Waals surface area contributed by atoms with Crippen molar-refractivity contribution in [1.82, 2.24) is 19.9 Å². The van der Waals surface area contributed by atoms with Crippen LogP contribution in [0.15, 0.2) is 41.1 Å². The molecule has 0 fully saturated rings. The lowest BCUT2D eigenvalue weighted by Crippen LogP contribution is -1.94. The third-order valence-corrected chi connectivity index (χ3v) is 2.65. The Balaban J connectivity index is 2.06. The number of para-hydroxylation sites is 1. The number of rotatable bonds is 2. The van der Waals surface area contributed by atoms with Crippen LogP contribution in [-0.4, -0.2) is 19.9 Å². The number of hydrogen-bond acceptors (Lipinski definition) is 4. The molecule has 5 heteroatoms. The zero-order valence-electron chi connectivity index (χ0n) is 10.2. The van der Waals surface area contributed by atoms with E-state index in [1.807, 2.05) is 48.1 Å². The Morgan fingerprint density at radius 2 is 1.89 bits per heavy atom. The second kappa shape index (κ2) is 4.10. The maximum atomic E-state index is 5.14. The molecule has 0 aliphatic heterocycles. The number of nitrogens with zero attached hydrogens (tertiary/aromatic N) is 4. The summed E-state index contributed by atoms with van der Waals surface area (Å²) in [5.41, 5.74) is 2.73. The van der Waals surface area contributed by atoms with Crippen molar-refractivity contribution in [2.75, 3.05) is 0 Å². The molecule has 5 nitrogen and oxygen atoms in total. The average molecular weight is 240 g/mol. The molecular weight excluding hydrogens is 228 g/mol. The van der Waals surface area contributed by atoms with Crippen molar-refractivity contribution in [3.8, 4) is 17.3 Å². The molecule has 0 amide bonds. The Labute approximate surface area is 104 Å². The maximum absolute atomic E-state index is 5.14. The van der Waals surface area contributed by atoms with Crippen molar-refractivity contribution in [2.24, 2.45) is 0 Å². The summed E-state index contributed by atoms with van der Waals surface area (Å²) in [4.78, 5) is 4.20. The largest absolute Gasteiger partial charge is 0.332 e. The fourth-order valence-corrected chi connectivity index (χ4v) is 1.78. The van der Waals surface area contributed by atoms with Gasteiger partial charge in [0, 0.05) is 11.8 Å². The first-order valence-electron chi connectivity index (χ1n) is 5.66. The molecule has 0 N–H and O–H groups in total. The standard InChI is InChI=1S/C13H12N4O/c1-9-8-17(11-6-4-3-5-7-11)15-12(9)13-14-10(2)16-18-13/h3-8H,1-2H3. The minimum Gasteiger partial charge on any atom is -0.332 e. The predicted octanol–water partition coefficient (Wildman–Crippen LogP) is 2.54. The zero-order chi connectivity index (χ0) is 12.5. The van der Waals surface area contributed by atoms with Gasteiger partial charge >= 0.3 is 0 Å². The van der Waals surface area contributed by atoms with Crippen LogP contribution < -0.4 is 0 Å². The second-order valence-corrected chi connectivity index (χ2v) is 4.09. The Morgan fingerprint density at radius 1 is 1.11 bits per heavy atom. The van der Waals surface area contributed by atoms with Gasteiger partial charge < -0.3 is 4.52 Å². The van der Waals surface area contributed by atoms with Crippen LogP contribution in [0.4, 0.5) is 0 Å². The van der Waals surface area contributed by atoms with Crippen LogP contribution in [-0.2, 0) is 0 Å². The molecule has 90 valence electrons. The smallest absolute Gasteiger partial charge is 0.278 e. The van der Waals surface area contributed by atoms with E-state index in [0.717, 1.165) is 16.9 Å². The van der Waals surface area contributed by atoms with E-state index in [-0.39, 0.29) is 0 Å². The van der Waals surface area contributed by atoms with Gasteiger partial charge in [-0.05, 0) is 26.0 Å². The summed E-state index contributed by atoms with van der Waals surface area (Å²) < 4.78 is 6.95. The molecule has 0 saturated carbocycles. The average Bonchev–Trinajstić information content (AvgIpc) is 2.97. The van der Waals surface area contributed by atoms with Crippen LogP contribution in [0, 0.1) is 13.8 Å². The number of aryl methyl sites for hydroxylation is 2. The predicted molar refractivity (Wildman–Crippen MR) is 66.3 cm³/mol. The van der Waals surface area contributed by atoms with Crippen molar-refractivity contribution < 1.29 is 4.52 Å². The van der Waals surface area contributed by atoms with Gasteiger partial charge in [0.2, 0.25) is 0 Å². The highest BCUT2D eigenvalue weighted by molar-refractivity contribution is 5.52. The van der Waals surface area contributed by atoms with Gasteiger partial charge in [0.05, 0.1) is 5.69 Å². The summed E-state index contributed by atoms with van der Waals surface area (Å²) in [6.45, 7) is 3.76. The molecule has 3 aromatic rings. The van der Waals surface area contributed by atoms with Gasteiger partial charge in [0.1, 0.15) is 0 Å². The minimum absolute atomic E-state index is 0.458. The Hall–Kier alpha value is -2.43. The Morgan fingerprint density at radius 3 is 2.56 bits per heavy atom. The zero-order valence-corrected chi connectivity index (χ0v) is 10.2. The van der Waals surface area contributed by atoms with E-state index in [1.165, 1.54) is 0 Å². The van der Waals surface area contributed by atoms with Crippen molar-refractivity contribution in [3.63, 3.8) is 0 Å². The summed E-state index contributed by atoms with van der Waals surface area (Å²) in [5.74, 6) is 1.07. The van der Waals surface area contributed by atoms with Gasteiger partial charge in [0.15, 0.2) is 11.5 Å². The molecule has 1 aromatic carbocycles. The van der Waals surface area contributed by atoms with Crippen LogP contribution in [0.25, 0.3) is 17.3 Å². The van der Waals surface area contributed by atoms with Crippen molar-refractivity contribution in [1.29, 1.82) is 0 Å². The van der Waals surface area contributed by atoms with Crippen LogP contribution in [0.1, 0.15) is 11.4 Å². The highest BCUT2D eigenvalue weighted by atomic mass is 16.5. The minimum atomic E-state index is 0.458. The SMILES string of the molecule is Cc1noc(-c2nn(-c3ccccc3)cc2C)n1. The molecule has 0 bridgehead atoms. The normalized spacial score (nSPS) is 10.8. The van der Waals surface area contributed by atoms with E-state index in [2.05, 4.69) is 15.2 Å². The third kappa shape index (κ3) is 1.79. The summed E-state index contributed by atoms with van der Waals surface area (Å²) in [6, 6.07) is 9.92. The number of aromatic nitrogens is 4. The fraction of sp³-hybridized carbons (Fsp3) is 0.154. The first kappa shape index (κ1) is 10.7. The quantitative estimate of drug-likeness (QED) is 0.690. The van der Waals surface area contributed by atoms with E-state index in [9.17, 15) is 0 Å².